The lowest BCUT2D eigenvalue weighted by molar-refractivity contribution is -0.0334. The molecule has 13 heavy (non-hydrogen) atoms. The lowest BCUT2D eigenvalue weighted by Crippen LogP contribution is -2.51. The van der Waals surface area contributed by atoms with Gasteiger partial charge in [-0.05, 0) is 39.7 Å². The van der Waals surface area contributed by atoms with Gasteiger partial charge >= 0.3 is 0 Å². The first-order valence-electron chi connectivity index (χ1n) is 5.23. The molecule has 0 aromatic carbocycles. The van der Waals surface area contributed by atoms with Crippen molar-refractivity contribution in [2.75, 3.05) is 20.2 Å². The highest BCUT2D eigenvalue weighted by Gasteiger charge is 2.31. The first kappa shape index (κ1) is 11.0. The number of nitrogens with zero attached hydrogens (tertiary/aromatic N) is 1. The fourth-order valence-corrected chi connectivity index (χ4v) is 1.95. The van der Waals surface area contributed by atoms with E-state index >= 15 is 0 Å². The van der Waals surface area contributed by atoms with Crippen LogP contribution in [0.25, 0.3) is 0 Å². The highest BCUT2D eigenvalue weighted by atomic mass is 16.5. The number of rotatable bonds is 1. The highest BCUT2D eigenvalue weighted by Crippen LogP contribution is 2.24. The van der Waals surface area contributed by atoms with Gasteiger partial charge in [-0.25, -0.2) is 0 Å². The minimum absolute atomic E-state index is 0.289. The SMILES string of the molecule is CO[C@H]1CN(C(C)(C)C)CC[C@H]1C. The lowest BCUT2D eigenvalue weighted by Gasteiger charge is -2.43. The topological polar surface area (TPSA) is 12.5 Å². The van der Waals surface area contributed by atoms with E-state index in [1.807, 2.05) is 7.11 Å². The third kappa shape index (κ3) is 2.68. The molecule has 2 heteroatoms. The molecule has 0 unspecified atom stereocenters. The zero-order valence-corrected chi connectivity index (χ0v) is 9.63. The molecule has 1 rings (SSSR count). The maximum absolute atomic E-state index is 5.49. The van der Waals surface area contributed by atoms with Crippen molar-refractivity contribution in [1.29, 1.82) is 0 Å². The highest BCUT2D eigenvalue weighted by molar-refractivity contribution is 4.85. The Hall–Kier alpha value is -0.0800. The van der Waals surface area contributed by atoms with Crippen molar-refractivity contribution >= 4 is 0 Å². The van der Waals surface area contributed by atoms with Crippen molar-refractivity contribution in [3.8, 4) is 0 Å². The van der Waals surface area contributed by atoms with Crippen LogP contribution < -0.4 is 0 Å². The zero-order valence-electron chi connectivity index (χ0n) is 9.63. The third-order valence-electron chi connectivity index (χ3n) is 3.14. The third-order valence-corrected chi connectivity index (χ3v) is 3.14. The van der Waals surface area contributed by atoms with E-state index in [0.29, 0.717) is 12.0 Å². The first-order valence-corrected chi connectivity index (χ1v) is 5.23. The van der Waals surface area contributed by atoms with Gasteiger partial charge < -0.3 is 4.74 Å². The van der Waals surface area contributed by atoms with Gasteiger partial charge in [-0.15, -0.1) is 0 Å². The fraction of sp³-hybridized carbons (Fsp3) is 1.00. The Labute approximate surface area is 82.3 Å². The molecule has 0 amide bonds. The van der Waals surface area contributed by atoms with Gasteiger partial charge in [0.1, 0.15) is 0 Å². The maximum atomic E-state index is 5.49. The number of ether oxygens (including phenoxy) is 1. The van der Waals surface area contributed by atoms with Crippen molar-refractivity contribution < 1.29 is 4.74 Å². The van der Waals surface area contributed by atoms with E-state index in [2.05, 4.69) is 32.6 Å². The number of hydrogen-bond acceptors (Lipinski definition) is 2. The summed E-state index contributed by atoms with van der Waals surface area (Å²) in [5, 5.41) is 0. The van der Waals surface area contributed by atoms with Crippen molar-refractivity contribution in [2.24, 2.45) is 5.92 Å². The van der Waals surface area contributed by atoms with Gasteiger partial charge in [0.15, 0.2) is 0 Å². The van der Waals surface area contributed by atoms with Crippen LogP contribution in [0.2, 0.25) is 0 Å². The predicted molar refractivity (Wildman–Crippen MR) is 55.9 cm³/mol. The number of piperidine rings is 1. The number of methoxy groups -OCH3 is 1. The molecule has 2 atom stereocenters. The predicted octanol–water partition coefficient (Wildman–Crippen LogP) is 2.14. The first-order chi connectivity index (χ1) is 5.95. The smallest absolute Gasteiger partial charge is 0.0724 e. The van der Waals surface area contributed by atoms with Crippen LogP contribution >= 0.6 is 0 Å². The number of likely N-dealkylation sites (tertiary alicyclic amines) is 1. The van der Waals surface area contributed by atoms with E-state index in [-0.39, 0.29) is 5.54 Å². The van der Waals surface area contributed by atoms with E-state index in [0.717, 1.165) is 6.54 Å². The Morgan fingerprint density at radius 3 is 2.38 bits per heavy atom. The molecular weight excluding hydrogens is 162 g/mol. The van der Waals surface area contributed by atoms with Gasteiger partial charge in [0.25, 0.3) is 0 Å². The molecule has 0 spiro atoms. The van der Waals surface area contributed by atoms with Crippen LogP contribution in [0.3, 0.4) is 0 Å². The Bertz CT molecular complexity index is 162. The van der Waals surface area contributed by atoms with Crippen LogP contribution in [0.15, 0.2) is 0 Å². The fourth-order valence-electron chi connectivity index (χ4n) is 1.95. The zero-order chi connectivity index (χ0) is 10.1. The summed E-state index contributed by atoms with van der Waals surface area (Å²) in [6.45, 7) is 11.4. The Morgan fingerprint density at radius 2 is 1.92 bits per heavy atom. The average molecular weight is 185 g/mol. The molecule has 1 fully saturated rings. The molecular formula is C11H23NO. The normalized spacial score (nSPS) is 32.1. The van der Waals surface area contributed by atoms with Crippen molar-refractivity contribution in [3.63, 3.8) is 0 Å². The molecule has 1 heterocycles. The molecule has 0 radical (unpaired) electrons. The largest absolute Gasteiger partial charge is 0.380 e. The summed E-state index contributed by atoms with van der Waals surface area (Å²) >= 11 is 0. The van der Waals surface area contributed by atoms with Crippen LogP contribution in [0, 0.1) is 5.92 Å². The van der Waals surface area contributed by atoms with Crippen molar-refractivity contribution in [2.45, 2.75) is 45.8 Å². The van der Waals surface area contributed by atoms with Gasteiger partial charge in [-0.2, -0.15) is 0 Å². The molecule has 1 aliphatic heterocycles. The minimum atomic E-state index is 0.289. The molecule has 1 aliphatic rings. The summed E-state index contributed by atoms with van der Waals surface area (Å²) in [6, 6.07) is 0. The van der Waals surface area contributed by atoms with E-state index in [1.165, 1.54) is 13.0 Å². The van der Waals surface area contributed by atoms with E-state index < -0.39 is 0 Å². The summed E-state index contributed by atoms with van der Waals surface area (Å²) in [7, 11) is 1.83. The summed E-state index contributed by atoms with van der Waals surface area (Å²) in [4.78, 5) is 2.52. The van der Waals surface area contributed by atoms with Crippen LogP contribution in [-0.2, 0) is 4.74 Å². The van der Waals surface area contributed by atoms with Gasteiger partial charge in [-0.1, -0.05) is 6.92 Å². The van der Waals surface area contributed by atoms with Gasteiger partial charge in [0.05, 0.1) is 6.10 Å². The van der Waals surface area contributed by atoms with Crippen LogP contribution in [0.4, 0.5) is 0 Å². The Kier molecular flexibility index (Phi) is 3.36. The molecule has 0 bridgehead atoms. The Morgan fingerprint density at radius 1 is 1.31 bits per heavy atom. The van der Waals surface area contributed by atoms with Gasteiger partial charge in [-0.3, -0.25) is 4.90 Å². The van der Waals surface area contributed by atoms with E-state index in [9.17, 15) is 0 Å². The van der Waals surface area contributed by atoms with Crippen LogP contribution in [0.1, 0.15) is 34.1 Å². The molecule has 0 N–H and O–H groups in total. The lowest BCUT2D eigenvalue weighted by atomic mass is 9.92. The van der Waals surface area contributed by atoms with Gasteiger partial charge in [0, 0.05) is 19.2 Å². The molecule has 78 valence electrons. The van der Waals surface area contributed by atoms with Crippen molar-refractivity contribution in [3.05, 3.63) is 0 Å². The summed E-state index contributed by atoms with van der Waals surface area (Å²) in [5.74, 6) is 0.712. The molecule has 1 saturated heterocycles. The molecule has 0 aromatic rings. The molecule has 0 saturated carbocycles. The van der Waals surface area contributed by atoms with Gasteiger partial charge in [0.2, 0.25) is 0 Å². The molecule has 2 nitrogen and oxygen atoms in total. The minimum Gasteiger partial charge on any atom is -0.380 e. The number of hydrogen-bond donors (Lipinski definition) is 0. The van der Waals surface area contributed by atoms with E-state index in [1.54, 1.807) is 0 Å². The molecule has 0 aromatic heterocycles. The van der Waals surface area contributed by atoms with E-state index in [4.69, 9.17) is 4.74 Å². The maximum Gasteiger partial charge on any atom is 0.0724 e. The second kappa shape index (κ2) is 3.97. The van der Waals surface area contributed by atoms with Crippen LogP contribution in [0.5, 0.6) is 0 Å². The quantitative estimate of drug-likeness (QED) is 0.620. The summed E-state index contributed by atoms with van der Waals surface area (Å²) in [6.07, 6.45) is 1.68. The summed E-state index contributed by atoms with van der Waals surface area (Å²) < 4.78 is 5.49. The summed E-state index contributed by atoms with van der Waals surface area (Å²) in [5.41, 5.74) is 0.289. The standard InChI is InChI=1S/C11H23NO/c1-9-6-7-12(11(2,3)4)8-10(9)13-5/h9-10H,6-8H2,1-5H3/t9-,10+/m1/s1. The molecule has 0 aliphatic carbocycles. The monoisotopic (exact) mass is 185 g/mol. The van der Waals surface area contributed by atoms with Crippen LogP contribution in [-0.4, -0.2) is 36.7 Å². The average Bonchev–Trinajstić information content (AvgIpc) is 2.03. The van der Waals surface area contributed by atoms with Crippen molar-refractivity contribution in [1.82, 2.24) is 4.90 Å². The second-order valence-electron chi connectivity index (χ2n) is 5.16. The second-order valence-corrected chi connectivity index (χ2v) is 5.16. The Balaban J connectivity index is 2.55.